The fourth-order valence-electron chi connectivity index (χ4n) is 1.99. The molecule has 0 spiro atoms. The van der Waals surface area contributed by atoms with Crippen LogP contribution < -0.4 is 15.5 Å². The van der Waals surface area contributed by atoms with E-state index in [-0.39, 0.29) is 22.8 Å². The summed E-state index contributed by atoms with van der Waals surface area (Å²) in [6.45, 7) is 2.32. The van der Waals surface area contributed by atoms with Crippen LogP contribution in [0.4, 0.5) is 19.0 Å². The molecule has 0 aliphatic carbocycles. The molecule has 1 aromatic carbocycles. The number of rotatable bonds is 3. The molecule has 0 saturated heterocycles. The Labute approximate surface area is 145 Å². The maximum Gasteiger partial charge on any atom is 0.416 e. The second-order valence-corrected chi connectivity index (χ2v) is 5.19. The number of alkyl halides is 3. The Kier molecular flexibility index (Phi) is 5.34. The van der Waals surface area contributed by atoms with Crippen LogP contribution in [0.5, 0.6) is 11.5 Å². The molecule has 2 N–H and O–H groups in total. The second-order valence-electron chi connectivity index (χ2n) is 5.19. The standard InChI is InChI=1S/C16H14F3N3O4/c1-9(23)20-14-7-13(8-15(22(14)25)21-10(2)24)26-12-5-3-4-11(6-12)16(17,18)19/h3-8,25H,1-2H3,(H,20,23). The van der Waals surface area contributed by atoms with Crippen LogP contribution in [0.1, 0.15) is 19.4 Å². The van der Waals surface area contributed by atoms with Gasteiger partial charge in [-0.1, -0.05) is 6.07 Å². The van der Waals surface area contributed by atoms with Gasteiger partial charge in [0.15, 0.2) is 11.3 Å². The van der Waals surface area contributed by atoms with Crippen molar-refractivity contribution in [2.75, 3.05) is 5.32 Å². The van der Waals surface area contributed by atoms with Gasteiger partial charge in [-0.05, 0) is 18.2 Å². The smallest absolute Gasteiger partial charge is 0.416 e. The van der Waals surface area contributed by atoms with Crippen LogP contribution in [-0.4, -0.2) is 21.8 Å². The minimum Gasteiger partial charge on any atom is -0.457 e. The number of benzene rings is 1. The lowest BCUT2D eigenvalue weighted by Crippen LogP contribution is -2.24. The number of anilines is 1. The molecule has 10 heteroatoms. The van der Waals surface area contributed by atoms with E-state index in [0.29, 0.717) is 4.73 Å². The zero-order valence-electron chi connectivity index (χ0n) is 13.7. The number of halogens is 3. The first-order valence-electron chi connectivity index (χ1n) is 7.20. The number of hydrogen-bond acceptors (Lipinski definition) is 4. The molecule has 0 aliphatic rings. The van der Waals surface area contributed by atoms with E-state index >= 15 is 0 Å². The zero-order valence-corrected chi connectivity index (χ0v) is 13.7. The molecule has 0 radical (unpaired) electrons. The van der Waals surface area contributed by atoms with E-state index in [0.717, 1.165) is 25.1 Å². The molecule has 0 fully saturated rings. The number of amides is 2. The Morgan fingerprint density at radius 1 is 1.15 bits per heavy atom. The highest BCUT2D eigenvalue weighted by Crippen LogP contribution is 2.32. The first kappa shape index (κ1) is 19.0. The lowest BCUT2D eigenvalue weighted by atomic mass is 10.2. The fraction of sp³-hybridized carbons (Fsp3) is 0.188. The molecule has 0 aliphatic heterocycles. The molecule has 2 amide bonds. The topological polar surface area (TPSA) is 92.9 Å². The van der Waals surface area contributed by atoms with E-state index in [9.17, 15) is 28.0 Å². The lowest BCUT2D eigenvalue weighted by Gasteiger charge is -2.13. The Morgan fingerprint density at radius 2 is 1.85 bits per heavy atom. The summed E-state index contributed by atoms with van der Waals surface area (Å²) < 4.78 is 44.2. The Hall–Kier alpha value is -3.30. The maximum absolute atomic E-state index is 12.8. The third kappa shape index (κ3) is 4.85. The molecule has 1 heterocycles. The maximum atomic E-state index is 12.8. The predicted molar refractivity (Wildman–Crippen MR) is 83.7 cm³/mol. The van der Waals surface area contributed by atoms with Crippen LogP contribution in [-0.2, 0) is 15.8 Å². The zero-order chi connectivity index (χ0) is 19.5. The van der Waals surface area contributed by atoms with Gasteiger partial charge in [0.25, 0.3) is 0 Å². The summed E-state index contributed by atoms with van der Waals surface area (Å²) in [5, 5.41) is 12.3. The predicted octanol–water partition coefficient (Wildman–Crippen LogP) is 2.94. The van der Waals surface area contributed by atoms with Gasteiger partial charge in [0.2, 0.25) is 11.8 Å². The van der Waals surface area contributed by atoms with Crippen molar-refractivity contribution in [1.29, 1.82) is 0 Å². The first-order chi connectivity index (χ1) is 12.1. The molecule has 0 atom stereocenters. The number of ether oxygens (including phenoxy) is 1. The number of nitrogens with zero attached hydrogens (tertiary/aromatic N) is 2. The highest BCUT2D eigenvalue weighted by Gasteiger charge is 2.30. The van der Waals surface area contributed by atoms with Crippen molar-refractivity contribution in [2.45, 2.75) is 20.0 Å². The third-order valence-corrected chi connectivity index (χ3v) is 2.97. The number of aromatic nitrogens is 1. The average molecular weight is 369 g/mol. The van der Waals surface area contributed by atoms with Gasteiger partial charge >= 0.3 is 6.18 Å². The van der Waals surface area contributed by atoms with Crippen molar-refractivity contribution < 1.29 is 32.7 Å². The van der Waals surface area contributed by atoms with E-state index in [1.807, 2.05) is 0 Å². The van der Waals surface area contributed by atoms with Crippen LogP contribution >= 0.6 is 0 Å². The number of hydrogen-bond donors (Lipinski definition) is 2. The number of nitrogens with one attached hydrogen (secondary N) is 1. The van der Waals surface area contributed by atoms with Crippen molar-refractivity contribution >= 4 is 17.6 Å². The number of carbonyl (C=O) groups excluding carboxylic acids is 2. The Bertz CT molecular complexity index is 920. The number of pyridine rings is 1. The highest BCUT2D eigenvalue weighted by molar-refractivity contribution is 5.87. The molecule has 7 nitrogen and oxygen atoms in total. The molecule has 0 bridgehead atoms. The summed E-state index contributed by atoms with van der Waals surface area (Å²) in [4.78, 5) is 26.0. The molecule has 1 aromatic heterocycles. The first-order valence-corrected chi connectivity index (χ1v) is 7.20. The van der Waals surface area contributed by atoms with Gasteiger partial charge in [0.1, 0.15) is 11.5 Å². The lowest BCUT2D eigenvalue weighted by molar-refractivity contribution is -0.137. The van der Waals surface area contributed by atoms with Crippen LogP contribution in [0, 0.1) is 0 Å². The van der Waals surface area contributed by atoms with E-state index in [1.165, 1.54) is 25.1 Å². The molecular weight excluding hydrogens is 355 g/mol. The van der Waals surface area contributed by atoms with E-state index in [1.54, 1.807) is 0 Å². The quantitative estimate of drug-likeness (QED) is 0.814. The van der Waals surface area contributed by atoms with Gasteiger partial charge in [-0.3, -0.25) is 9.59 Å². The summed E-state index contributed by atoms with van der Waals surface area (Å²) in [5.74, 6) is -1.52. The Morgan fingerprint density at radius 3 is 2.42 bits per heavy atom. The number of carbonyl (C=O) groups is 2. The van der Waals surface area contributed by atoms with Gasteiger partial charge in [0.05, 0.1) is 5.56 Å². The van der Waals surface area contributed by atoms with Crippen molar-refractivity contribution in [3.05, 3.63) is 47.4 Å². The van der Waals surface area contributed by atoms with Gasteiger partial charge in [-0.2, -0.15) is 22.9 Å². The summed E-state index contributed by atoms with van der Waals surface area (Å²) in [5.41, 5.74) is -1.18. The summed E-state index contributed by atoms with van der Waals surface area (Å²) in [7, 11) is 0. The SMILES string of the molecule is CC(=O)N=c1cc(Oc2cccc(C(F)(F)F)c2)cc(NC(C)=O)n1O. The minimum absolute atomic E-state index is 0.0432. The van der Waals surface area contributed by atoms with Crippen molar-refractivity contribution in [3.63, 3.8) is 0 Å². The third-order valence-electron chi connectivity index (χ3n) is 2.97. The van der Waals surface area contributed by atoms with Gasteiger partial charge in [-0.15, -0.1) is 0 Å². The van der Waals surface area contributed by atoms with Gasteiger partial charge in [-0.25, -0.2) is 0 Å². The van der Waals surface area contributed by atoms with E-state index < -0.39 is 23.6 Å². The van der Waals surface area contributed by atoms with E-state index in [4.69, 9.17) is 4.74 Å². The van der Waals surface area contributed by atoms with Crippen LogP contribution in [0.25, 0.3) is 0 Å². The van der Waals surface area contributed by atoms with E-state index in [2.05, 4.69) is 10.3 Å². The van der Waals surface area contributed by atoms with Crippen LogP contribution in [0.2, 0.25) is 0 Å². The molecule has 0 saturated carbocycles. The fourth-order valence-corrected chi connectivity index (χ4v) is 1.99. The summed E-state index contributed by atoms with van der Waals surface area (Å²) in [6, 6.07) is 6.45. The average Bonchev–Trinajstić information content (AvgIpc) is 2.50. The monoisotopic (exact) mass is 369 g/mol. The Balaban J connectivity index is 2.49. The largest absolute Gasteiger partial charge is 0.457 e. The second kappa shape index (κ2) is 7.30. The molecule has 2 rings (SSSR count). The van der Waals surface area contributed by atoms with Crippen molar-refractivity contribution in [1.82, 2.24) is 4.73 Å². The van der Waals surface area contributed by atoms with Crippen LogP contribution in [0.15, 0.2) is 41.4 Å². The van der Waals surface area contributed by atoms with Gasteiger partial charge in [0, 0.05) is 26.0 Å². The minimum atomic E-state index is -4.54. The molecular formula is C16H14F3N3O4. The highest BCUT2D eigenvalue weighted by atomic mass is 19.4. The van der Waals surface area contributed by atoms with Crippen molar-refractivity contribution in [2.24, 2.45) is 4.99 Å². The molecule has 2 aromatic rings. The normalized spacial score (nSPS) is 12.0. The summed E-state index contributed by atoms with van der Waals surface area (Å²) in [6.07, 6.45) is -4.54. The molecule has 0 unspecified atom stereocenters. The van der Waals surface area contributed by atoms with Gasteiger partial charge < -0.3 is 15.3 Å². The molecule has 138 valence electrons. The van der Waals surface area contributed by atoms with Crippen molar-refractivity contribution in [3.8, 4) is 11.5 Å². The molecule has 26 heavy (non-hydrogen) atoms. The van der Waals surface area contributed by atoms with Crippen LogP contribution in [0.3, 0.4) is 0 Å². The summed E-state index contributed by atoms with van der Waals surface area (Å²) >= 11 is 0.